The minimum absolute atomic E-state index is 0.364. The topological polar surface area (TPSA) is 69.1 Å². The number of hydrogen-bond donors (Lipinski definition) is 1. The first-order valence-electron chi connectivity index (χ1n) is 7.54. The fourth-order valence-corrected chi connectivity index (χ4v) is 4.13. The van der Waals surface area contributed by atoms with Crippen LogP contribution in [0, 0.1) is 13.8 Å². The van der Waals surface area contributed by atoms with Crippen LogP contribution < -0.4 is 5.73 Å². The number of benzene rings is 1. The number of hydrogen-bond acceptors (Lipinski definition) is 5. The van der Waals surface area contributed by atoms with Crippen molar-refractivity contribution in [3.8, 4) is 5.00 Å². The Morgan fingerprint density at radius 2 is 1.96 bits per heavy atom. The standard InChI is InChI=1S/C17H17N5S/c1-10-11(2)23-17-15(10)16(12-6-4-3-5-7-12)19-9-14-21-20-13(8-18)22(14)17/h3-7H,8-9,18H2,1-2H3. The molecule has 23 heavy (non-hydrogen) atoms. The second kappa shape index (κ2) is 5.40. The number of fused-ring (bicyclic) bond motifs is 3. The largest absolute Gasteiger partial charge is 0.324 e. The Bertz CT molecular complexity index is 905. The molecular formula is C17H17N5S. The second-order valence-corrected chi connectivity index (χ2v) is 6.77. The molecule has 116 valence electrons. The average molecular weight is 323 g/mol. The third-order valence-electron chi connectivity index (χ3n) is 4.21. The Labute approximate surface area is 138 Å². The van der Waals surface area contributed by atoms with Crippen LogP contribution in [0.15, 0.2) is 35.3 Å². The first kappa shape index (κ1) is 14.3. The van der Waals surface area contributed by atoms with Crippen molar-refractivity contribution in [2.45, 2.75) is 26.9 Å². The molecule has 5 nitrogen and oxygen atoms in total. The van der Waals surface area contributed by atoms with Gasteiger partial charge >= 0.3 is 0 Å². The van der Waals surface area contributed by atoms with Crippen LogP contribution in [0.4, 0.5) is 0 Å². The van der Waals surface area contributed by atoms with Gasteiger partial charge in [0.25, 0.3) is 0 Å². The van der Waals surface area contributed by atoms with Gasteiger partial charge in [0.2, 0.25) is 0 Å². The van der Waals surface area contributed by atoms with Crippen LogP contribution in [0.5, 0.6) is 0 Å². The zero-order valence-corrected chi connectivity index (χ0v) is 13.9. The van der Waals surface area contributed by atoms with E-state index in [-0.39, 0.29) is 0 Å². The highest BCUT2D eigenvalue weighted by atomic mass is 32.1. The summed E-state index contributed by atoms with van der Waals surface area (Å²) in [5.41, 5.74) is 10.4. The molecule has 3 aromatic rings. The third-order valence-corrected chi connectivity index (χ3v) is 5.40. The maximum Gasteiger partial charge on any atom is 0.160 e. The van der Waals surface area contributed by atoms with E-state index in [1.54, 1.807) is 11.3 Å². The number of rotatable bonds is 2. The molecule has 3 heterocycles. The van der Waals surface area contributed by atoms with Crippen LogP contribution in [0.2, 0.25) is 0 Å². The lowest BCUT2D eigenvalue weighted by molar-refractivity contribution is 0.837. The van der Waals surface area contributed by atoms with Gasteiger partial charge in [-0.2, -0.15) is 0 Å². The lowest BCUT2D eigenvalue weighted by Crippen LogP contribution is -2.10. The van der Waals surface area contributed by atoms with Gasteiger partial charge in [-0.05, 0) is 19.4 Å². The molecule has 0 saturated heterocycles. The summed E-state index contributed by atoms with van der Waals surface area (Å²) in [6.45, 7) is 5.17. The van der Waals surface area contributed by atoms with E-state index in [2.05, 4.69) is 40.7 Å². The minimum Gasteiger partial charge on any atom is -0.324 e. The van der Waals surface area contributed by atoms with Gasteiger partial charge in [0, 0.05) is 16.0 Å². The van der Waals surface area contributed by atoms with Crippen LogP contribution >= 0.6 is 11.3 Å². The summed E-state index contributed by atoms with van der Waals surface area (Å²) < 4.78 is 2.08. The van der Waals surface area contributed by atoms with Gasteiger partial charge in [0.1, 0.15) is 11.5 Å². The Morgan fingerprint density at radius 1 is 1.17 bits per heavy atom. The molecule has 1 aliphatic heterocycles. The van der Waals surface area contributed by atoms with Crippen molar-refractivity contribution in [2.24, 2.45) is 10.7 Å². The predicted octanol–water partition coefficient (Wildman–Crippen LogP) is 2.76. The Balaban J connectivity index is 2.02. The average Bonchev–Trinajstić information content (AvgIpc) is 3.06. The molecule has 0 radical (unpaired) electrons. The predicted molar refractivity (Wildman–Crippen MR) is 92.4 cm³/mol. The first-order chi connectivity index (χ1) is 11.2. The molecule has 6 heteroatoms. The van der Waals surface area contributed by atoms with Gasteiger partial charge in [-0.25, -0.2) is 0 Å². The molecule has 0 fully saturated rings. The Hall–Kier alpha value is -2.31. The van der Waals surface area contributed by atoms with Crippen molar-refractivity contribution in [3.63, 3.8) is 0 Å². The zero-order chi connectivity index (χ0) is 16.0. The van der Waals surface area contributed by atoms with E-state index in [1.807, 2.05) is 18.2 Å². The van der Waals surface area contributed by atoms with Gasteiger partial charge in [-0.3, -0.25) is 9.56 Å². The van der Waals surface area contributed by atoms with Gasteiger partial charge in [0.15, 0.2) is 11.6 Å². The summed E-state index contributed by atoms with van der Waals surface area (Å²) in [6, 6.07) is 10.3. The van der Waals surface area contributed by atoms with Crippen LogP contribution in [0.25, 0.3) is 5.00 Å². The molecule has 4 rings (SSSR count). The summed E-state index contributed by atoms with van der Waals surface area (Å²) in [4.78, 5) is 6.14. The summed E-state index contributed by atoms with van der Waals surface area (Å²) in [5, 5.41) is 9.63. The molecule has 2 N–H and O–H groups in total. The Morgan fingerprint density at radius 3 is 2.70 bits per heavy atom. The van der Waals surface area contributed by atoms with E-state index in [9.17, 15) is 0 Å². The highest BCUT2D eigenvalue weighted by Crippen LogP contribution is 2.36. The second-order valence-electron chi connectivity index (χ2n) is 5.57. The number of aromatic nitrogens is 3. The summed E-state index contributed by atoms with van der Waals surface area (Å²) in [6.07, 6.45) is 0. The van der Waals surface area contributed by atoms with Crippen molar-refractivity contribution >= 4 is 17.0 Å². The minimum atomic E-state index is 0.364. The van der Waals surface area contributed by atoms with Crippen molar-refractivity contribution < 1.29 is 0 Å². The Kier molecular flexibility index (Phi) is 3.36. The van der Waals surface area contributed by atoms with Crippen molar-refractivity contribution in [1.82, 2.24) is 14.8 Å². The van der Waals surface area contributed by atoms with E-state index in [0.717, 1.165) is 27.9 Å². The van der Waals surface area contributed by atoms with Gasteiger partial charge in [0.05, 0.1) is 12.3 Å². The van der Waals surface area contributed by atoms with E-state index >= 15 is 0 Å². The van der Waals surface area contributed by atoms with Crippen molar-refractivity contribution in [1.29, 1.82) is 0 Å². The summed E-state index contributed by atoms with van der Waals surface area (Å²) in [5.74, 6) is 1.63. The lowest BCUT2D eigenvalue weighted by atomic mass is 10.00. The van der Waals surface area contributed by atoms with E-state index in [4.69, 9.17) is 10.7 Å². The van der Waals surface area contributed by atoms with E-state index in [0.29, 0.717) is 13.1 Å². The zero-order valence-electron chi connectivity index (χ0n) is 13.1. The number of aliphatic imine (C=N–C) groups is 1. The van der Waals surface area contributed by atoms with E-state index < -0.39 is 0 Å². The van der Waals surface area contributed by atoms with Crippen LogP contribution in [-0.4, -0.2) is 20.5 Å². The summed E-state index contributed by atoms with van der Waals surface area (Å²) in [7, 11) is 0. The fraction of sp³-hybridized carbons (Fsp3) is 0.235. The smallest absolute Gasteiger partial charge is 0.160 e. The molecule has 0 bridgehead atoms. The number of aryl methyl sites for hydroxylation is 1. The van der Waals surface area contributed by atoms with Crippen molar-refractivity contribution in [3.05, 3.63) is 63.5 Å². The van der Waals surface area contributed by atoms with Crippen molar-refractivity contribution in [2.75, 3.05) is 0 Å². The SMILES string of the molecule is Cc1sc2c(c1C)C(c1ccccc1)=NCc1nnc(CN)n1-2. The number of thiophene rings is 1. The fourth-order valence-electron chi connectivity index (χ4n) is 2.93. The lowest BCUT2D eigenvalue weighted by Gasteiger charge is -2.09. The molecule has 0 spiro atoms. The molecule has 0 amide bonds. The molecule has 2 aromatic heterocycles. The molecule has 0 atom stereocenters. The van der Waals surface area contributed by atoms with Gasteiger partial charge in [-0.1, -0.05) is 30.3 Å². The van der Waals surface area contributed by atoms with Crippen LogP contribution in [0.3, 0.4) is 0 Å². The van der Waals surface area contributed by atoms with Crippen LogP contribution in [0.1, 0.15) is 33.2 Å². The molecule has 0 aliphatic carbocycles. The highest BCUT2D eigenvalue weighted by molar-refractivity contribution is 7.15. The maximum absolute atomic E-state index is 5.86. The molecular weight excluding hydrogens is 306 g/mol. The summed E-state index contributed by atoms with van der Waals surface area (Å²) >= 11 is 1.75. The first-order valence-corrected chi connectivity index (χ1v) is 8.36. The third kappa shape index (κ3) is 2.14. The number of nitrogens with zero attached hydrogens (tertiary/aromatic N) is 4. The van der Waals surface area contributed by atoms with E-state index in [1.165, 1.54) is 16.0 Å². The molecule has 1 aromatic carbocycles. The highest BCUT2D eigenvalue weighted by Gasteiger charge is 2.26. The molecule has 0 unspecified atom stereocenters. The number of nitrogens with two attached hydrogens (primary N) is 1. The molecule has 0 saturated carbocycles. The van der Waals surface area contributed by atoms with Gasteiger partial charge < -0.3 is 5.73 Å². The molecule has 1 aliphatic rings. The van der Waals surface area contributed by atoms with Gasteiger partial charge in [-0.15, -0.1) is 21.5 Å². The maximum atomic E-state index is 5.86. The van der Waals surface area contributed by atoms with Crippen LogP contribution in [-0.2, 0) is 13.1 Å². The normalized spacial score (nSPS) is 13.3. The quantitative estimate of drug-likeness (QED) is 0.788. The monoisotopic (exact) mass is 323 g/mol.